The van der Waals surface area contributed by atoms with Crippen molar-refractivity contribution in [3.8, 4) is 0 Å². The molecule has 20 heavy (non-hydrogen) atoms. The van der Waals surface area contributed by atoms with Crippen molar-refractivity contribution in [2.24, 2.45) is 0 Å². The molecule has 0 spiro atoms. The summed E-state index contributed by atoms with van der Waals surface area (Å²) in [6.45, 7) is 1.62. The van der Waals surface area contributed by atoms with Gasteiger partial charge in [0.15, 0.2) is 0 Å². The number of carbonyl (C=O) groups is 1. The minimum atomic E-state index is -0.657. The molecule has 0 atom stereocenters. The Balaban J connectivity index is 3.56. The Morgan fingerprint density at radius 1 is 1.50 bits per heavy atom. The number of ether oxygens (including phenoxy) is 1. The molecule has 0 bridgehead atoms. The van der Waals surface area contributed by atoms with E-state index in [4.69, 9.17) is 11.6 Å². The predicted octanol–water partition coefficient (Wildman–Crippen LogP) is 2.88. The van der Waals surface area contributed by atoms with Gasteiger partial charge < -0.3 is 9.64 Å². The summed E-state index contributed by atoms with van der Waals surface area (Å²) in [6.07, 6.45) is 3.18. The number of methoxy groups -OCH3 is 1. The topological polar surface area (TPSA) is 72.7 Å². The van der Waals surface area contributed by atoms with E-state index >= 15 is 0 Å². The van der Waals surface area contributed by atoms with Gasteiger partial charge in [0.25, 0.3) is 5.69 Å². The highest BCUT2D eigenvalue weighted by Gasteiger charge is 2.23. The van der Waals surface area contributed by atoms with Gasteiger partial charge in [-0.05, 0) is 24.8 Å². The van der Waals surface area contributed by atoms with Crippen molar-refractivity contribution >= 4 is 29.3 Å². The fraction of sp³-hybridized carbons (Fsp3) is 0.308. The van der Waals surface area contributed by atoms with Gasteiger partial charge in [0.2, 0.25) is 0 Å². The molecule has 0 saturated heterocycles. The van der Waals surface area contributed by atoms with Gasteiger partial charge in [-0.15, -0.1) is 0 Å². The molecule has 1 aromatic rings. The molecule has 0 saturated carbocycles. The van der Waals surface area contributed by atoms with Gasteiger partial charge in [-0.2, -0.15) is 0 Å². The van der Waals surface area contributed by atoms with Crippen LogP contribution in [0.2, 0.25) is 5.02 Å². The molecule has 0 unspecified atom stereocenters. The zero-order chi connectivity index (χ0) is 15.4. The highest BCUT2D eigenvalue weighted by Crippen LogP contribution is 2.33. The third-order valence-electron chi connectivity index (χ3n) is 2.67. The number of halogens is 1. The summed E-state index contributed by atoms with van der Waals surface area (Å²) in [6, 6.07) is 1.18. The molecule has 7 heteroatoms. The van der Waals surface area contributed by atoms with E-state index in [1.54, 1.807) is 32.1 Å². The maximum Gasteiger partial charge on any atom is 0.338 e. The number of esters is 1. The van der Waals surface area contributed by atoms with Gasteiger partial charge in [0.05, 0.1) is 28.2 Å². The molecule has 1 aromatic carbocycles. The van der Waals surface area contributed by atoms with Gasteiger partial charge in [0.1, 0.15) is 0 Å². The van der Waals surface area contributed by atoms with Crippen molar-refractivity contribution in [3.63, 3.8) is 0 Å². The van der Waals surface area contributed by atoms with Crippen molar-refractivity contribution < 1.29 is 14.5 Å². The van der Waals surface area contributed by atoms with Crippen LogP contribution in [0.1, 0.15) is 21.5 Å². The second kappa shape index (κ2) is 6.38. The quantitative estimate of drug-likeness (QED) is 0.485. The number of carbonyl (C=O) groups excluding carboxylic acids is 1. The monoisotopic (exact) mass is 298 g/mol. The molecule has 0 aliphatic carbocycles. The number of nitro benzene ring substituents is 1. The van der Waals surface area contributed by atoms with E-state index < -0.39 is 10.9 Å². The lowest BCUT2D eigenvalue weighted by atomic mass is 10.0. The first-order valence-electron chi connectivity index (χ1n) is 5.70. The maximum atomic E-state index is 11.6. The number of hydrogen-bond acceptors (Lipinski definition) is 5. The second-order valence-electron chi connectivity index (χ2n) is 4.32. The summed E-state index contributed by atoms with van der Waals surface area (Å²) in [7, 11) is 4.78. The summed E-state index contributed by atoms with van der Waals surface area (Å²) < 4.78 is 4.60. The first-order valence-corrected chi connectivity index (χ1v) is 6.07. The lowest BCUT2D eigenvalue weighted by Crippen LogP contribution is -2.07. The van der Waals surface area contributed by atoms with E-state index in [0.717, 1.165) is 0 Å². The Morgan fingerprint density at radius 2 is 2.10 bits per heavy atom. The minimum Gasteiger partial charge on any atom is -0.465 e. The lowest BCUT2D eigenvalue weighted by Gasteiger charge is -2.10. The Hall–Kier alpha value is -2.08. The Bertz CT molecular complexity index is 582. The van der Waals surface area contributed by atoms with Crippen molar-refractivity contribution in [3.05, 3.63) is 44.1 Å². The van der Waals surface area contributed by atoms with Gasteiger partial charge in [-0.1, -0.05) is 11.6 Å². The molecule has 0 fully saturated rings. The molecule has 6 nitrogen and oxygen atoms in total. The van der Waals surface area contributed by atoms with Crippen LogP contribution in [-0.4, -0.2) is 37.0 Å². The second-order valence-corrected chi connectivity index (χ2v) is 4.70. The number of benzene rings is 1. The van der Waals surface area contributed by atoms with Crippen LogP contribution in [0.25, 0.3) is 6.08 Å². The van der Waals surface area contributed by atoms with E-state index in [-0.39, 0.29) is 21.8 Å². The Kier molecular flexibility index (Phi) is 5.10. The first kappa shape index (κ1) is 16.0. The molecule has 0 heterocycles. The zero-order valence-corrected chi connectivity index (χ0v) is 12.4. The average molecular weight is 299 g/mol. The van der Waals surface area contributed by atoms with E-state index in [0.29, 0.717) is 5.56 Å². The molecular formula is C13H15ClN2O4. The van der Waals surface area contributed by atoms with Crippen LogP contribution < -0.4 is 0 Å². The number of hydrogen-bond donors (Lipinski definition) is 0. The van der Waals surface area contributed by atoms with Crippen LogP contribution in [0.5, 0.6) is 0 Å². The van der Waals surface area contributed by atoms with Crippen molar-refractivity contribution in [2.75, 3.05) is 21.2 Å². The summed E-state index contributed by atoms with van der Waals surface area (Å²) in [5.74, 6) is -0.657. The number of rotatable bonds is 4. The minimum absolute atomic E-state index is 0.0891. The summed E-state index contributed by atoms with van der Waals surface area (Å²) in [4.78, 5) is 23.9. The molecule has 0 aliphatic rings. The molecular weight excluding hydrogens is 284 g/mol. The largest absolute Gasteiger partial charge is 0.465 e. The van der Waals surface area contributed by atoms with Crippen molar-refractivity contribution in [1.82, 2.24) is 4.90 Å². The van der Waals surface area contributed by atoms with Crippen LogP contribution in [0.3, 0.4) is 0 Å². The fourth-order valence-corrected chi connectivity index (χ4v) is 1.87. The maximum absolute atomic E-state index is 11.6. The predicted molar refractivity (Wildman–Crippen MR) is 76.9 cm³/mol. The third kappa shape index (κ3) is 3.27. The van der Waals surface area contributed by atoms with Gasteiger partial charge in [0, 0.05) is 20.2 Å². The fourth-order valence-electron chi connectivity index (χ4n) is 1.61. The molecule has 1 rings (SSSR count). The molecule has 0 aromatic heterocycles. The van der Waals surface area contributed by atoms with Gasteiger partial charge in [-0.25, -0.2) is 4.79 Å². The van der Waals surface area contributed by atoms with Gasteiger partial charge >= 0.3 is 5.97 Å². The molecule has 108 valence electrons. The SMILES string of the molecule is COC(=O)c1cc([N+](=O)[O-])c(/C=C/N(C)C)c(Cl)c1C. The zero-order valence-electron chi connectivity index (χ0n) is 11.6. The first-order chi connectivity index (χ1) is 9.29. The average Bonchev–Trinajstić information content (AvgIpc) is 2.38. The molecule has 0 N–H and O–H groups in total. The lowest BCUT2D eigenvalue weighted by molar-refractivity contribution is -0.385. The van der Waals surface area contributed by atoms with E-state index in [2.05, 4.69) is 4.74 Å². The Morgan fingerprint density at radius 3 is 2.55 bits per heavy atom. The molecule has 0 aliphatic heterocycles. The number of nitrogens with zero attached hydrogens (tertiary/aromatic N) is 2. The Labute approximate surface area is 121 Å². The van der Waals surface area contributed by atoms with E-state index in [1.807, 2.05) is 0 Å². The van der Waals surface area contributed by atoms with E-state index in [1.165, 1.54) is 19.3 Å². The van der Waals surface area contributed by atoms with Crippen LogP contribution in [0.15, 0.2) is 12.3 Å². The van der Waals surface area contributed by atoms with Crippen LogP contribution in [0, 0.1) is 17.0 Å². The van der Waals surface area contributed by atoms with Crippen LogP contribution >= 0.6 is 11.6 Å². The molecule has 0 radical (unpaired) electrons. The third-order valence-corrected chi connectivity index (χ3v) is 3.16. The standard InChI is InChI=1S/C13H15ClN2O4/c1-8-10(13(17)20-4)7-11(16(18)19)9(12(8)14)5-6-15(2)3/h5-7H,1-4H3/b6-5+. The van der Waals surface area contributed by atoms with Crippen LogP contribution in [-0.2, 0) is 4.74 Å². The van der Waals surface area contributed by atoms with Crippen molar-refractivity contribution in [1.29, 1.82) is 0 Å². The highest BCUT2D eigenvalue weighted by molar-refractivity contribution is 6.33. The summed E-state index contributed by atoms with van der Waals surface area (Å²) in [5.41, 5.74) is 0.559. The normalized spacial score (nSPS) is 10.7. The van der Waals surface area contributed by atoms with Gasteiger partial charge in [-0.3, -0.25) is 10.1 Å². The highest BCUT2D eigenvalue weighted by atomic mass is 35.5. The number of nitro groups is 1. The molecule has 0 amide bonds. The van der Waals surface area contributed by atoms with E-state index in [9.17, 15) is 14.9 Å². The smallest absolute Gasteiger partial charge is 0.338 e. The summed E-state index contributed by atoms with van der Waals surface area (Å²) >= 11 is 6.15. The van der Waals surface area contributed by atoms with Crippen LogP contribution in [0.4, 0.5) is 5.69 Å². The van der Waals surface area contributed by atoms with Crippen molar-refractivity contribution in [2.45, 2.75) is 6.92 Å². The summed E-state index contributed by atoms with van der Waals surface area (Å²) in [5, 5.41) is 11.3.